The Labute approximate surface area is 147 Å². The third-order valence-corrected chi connectivity index (χ3v) is 4.47. The van der Waals surface area contributed by atoms with Gasteiger partial charge < -0.3 is 4.74 Å². The molecule has 1 aliphatic rings. The first-order valence-corrected chi connectivity index (χ1v) is 8.23. The van der Waals surface area contributed by atoms with Crippen LogP contribution in [0.25, 0.3) is 5.57 Å². The molecule has 0 amide bonds. The molecule has 1 radical (unpaired) electrons. The number of allylic oxidation sites excluding steroid dienone is 4. The van der Waals surface area contributed by atoms with E-state index in [1.165, 1.54) is 0 Å². The summed E-state index contributed by atoms with van der Waals surface area (Å²) in [7, 11) is 1.63. The number of hydrogen-bond acceptors (Lipinski definition) is 2. The van der Waals surface area contributed by atoms with Crippen LogP contribution in [0.4, 0.5) is 4.39 Å². The maximum atomic E-state index is 14.5. The molecule has 1 unspecified atom stereocenters. The van der Waals surface area contributed by atoms with Crippen LogP contribution in [0.5, 0.6) is 5.75 Å². The molecular weight excluding hydrogens is 315 g/mol. The van der Waals surface area contributed by atoms with Crippen molar-refractivity contribution < 1.29 is 13.9 Å². The van der Waals surface area contributed by atoms with E-state index < -0.39 is 12.0 Å². The number of alkyl halides is 1. The van der Waals surface area contributed by atoms with Gasteiger partial charge in [-0.15, -0.1) is 0 Å². The molecule has 0 fully saturated rings. The third-order valence-electron chi connectivity index (χ3n) is 4.47. The first-order chi connectivity index (χ1) is 12.1. The number of Topliss-reactive ketones (excluding diaryl/α,β-unsaturated/α-hetero) is 1. The van der Waals surface area contributed by atoms with Gasteiger partial charge in [-0.25, -0.2) is 4.39 Å². The van der Waals surface area contributed by atoms with Crippen LogP contribution in [-0.2, 0) is 11.2 Å². The fourth-order valence-electron chi connectivity index (χ4n) is 2.95. The van der Waals surface area contributed by atoms with Crippen LogP contribution in [0, 0.1) is 6.92 Å². The van der Waals surface area contributed by atoms with Crippen molar-refractivity contribution >= 4 is 11.4 Å². The van der Waals surface area contributed by atoms with Crippen molar-refractivity contribution in [3.8, 4) is 5.75 Å². The van der Waals surface area contributed by atoms with Crippen molar-refractivity contribution in [2.45, 2.75) is 19.0 Å². The van der Waals surface area contributed by atoms with Crippen LogP contribution in [-0.4, -0.2) is 19.1 Å². The fourth-order valence-corrected chi connectivity index (χ4v) is 2.95. The van der Waals surface area contributed by atoms with Gasteiger partial charge in [-0.05, 0) is 48.6 Å². The molecular formula is C22H20FO2. The Hall–Kier alpha value is -2.68. The summed E-state index contributed by atoms with van der Waals surface area (Å²) < 4.78 is 19.6. The minimum atomic E-state index is -1.64. The predicted octanol–water partition coefficient (Wildman–Crippen LogP) is 4.76. The quantitative estimate of drug-likeness (QED) is 0.787. The number of rotatable bonds is 5. The molecule has 2 aromatic rings. The van der Waals surface area contributed by atoms with E-state index in [1.54, 1.807) is 13.2 Å². The molecule has 0 heterocycles. The van der Waals surface area contributed by atoms with E-state index in [0.717, 1.165) is 28.9 Å². The maximum Gasteiger partial charge on any atom is 0.197 e. The van der Waals surface area contributed by atoms with Gasteiger partial charge in [-0.1, -0.05) is 48.5 Å². The number of benzene rings is 2. The molecule has 3 heteroatoms. The van der Waals surface area contributed by atoms with Crippen molar-refractivity contribution in [1.29, 1.82) is 0 Å². The van der Waals surface area contributed by atoms with E-state index in [-0.39, 0.29) is 5.57 Å². The number of aryl methyl sites for hydroxylation is 1. The van der Waals surface area contributed by atoms with Crippen LogP contribution in [0.3, 0.4) is 0 Å². The van der Waals surface area contributed by atoms with Crippen molar-refractivity contribution in [3.63, 3.8) is 0 Å². The Kier molecular flexibility index (Phi) is 5.13. The van der Waals surface area contributed by atoms with Crippen molar-refractivity contribution in [2.75, 3.05) is 7.11 Å². The van der Waals surface area contributed by atoms with Crippen LogP contribution >= 0.6 is 0 Å². The van der Waals surface area contributed by atoms with Crippen LogP contribution in [0.1, 0.15) is 17.5 Å². The maximum absolute atomic E-state index is 14.5. The van der Waals surface area contributed by atoms with Crippen molar-refractivity contribution in [3.05, 3.63) is 89.9 Å². The summed E-state index contributed by atoms with van der Waals surface area (Å²) in [6, 6.07) is 17.0. The van der Waals surface area contributed by atoms with Crippen LogP contribution in [0.15, 0.2) is 71.8 Å². The zero-order valence-electron chi connectivity index (χ0n) is 14.2. The second-order valence-electron chi connectivity index (χ2n) is 6.04. The minimum absolute atomic E-state index is 0.278. The monoisotopic (exact) mass is 335 g/mol. The Balaban J connectivity index is 1.83. The topological polar surface area (TPSA) is 26.3 Å². The van der Waals surface area contributed by atoms with Gasteiger partial charge in [-0.3, -0.25) is 4.79 Å². The van der Waals surface area contributed by atoms with Crippen molar-refractivity contribution in [1.82, 2.24) is 0 Å². The van der Waals surface area contributed by atoms with Gasteiger partial charge in [0, 0.05) is 11.1 Å². The zero-order chi connectivity index (χ0) is 17.8. The average molecular weight is 335 g/mol. The normalized spacial score (nSPS) is 17.5. The lowest BCUT2D eigenvalue weighted by molar-refractivity contribution is -0.118. The highest BCUT2D eigenvalue weighted by Crippen LogP contribution is 2.32. The van der Waals surface area contributed by atoms with E-state index in [1.807, 2.05) is 54.6 Å². The lowest BCUT2D eigenvalue weighted by atomic mass is 9.85. The Bertz CT molecular complexity index is 817. The Morgan fingerprint density at radius 3 is 2.36 bits per heavy atom. The van der Waals surface area contributed by atoms with Gasteiger partial charge in [-0.2, -0.15) is 0 Å². The van der Waals surface area contributed by atoms with Gasteiger partial charge in [0.25, 0.3) is 0 Å². The number of carbonyl (C=O) groups is 1. The van der Waals surface area contributed by atoms with E-state index in [9.17, 15) is 9.18 Å². The van der Waals surface area contributed by atoms with Gasteiger partial charge in [0.2, 0.25) is 0 Å². The number of ether oxygens (including phenoxy) is 1. The predicted molar refractivity (Wildman–Crippen MR) is 98.0 cm³/mol. The number of hydrogen-bond donors (Lipinski definition) is 0. The molecule has 3 rings (SSSR count). The first kappa shape index (κ1) is 17.2. The molecule has 0 saturated carbocycles. The molecule has 25 heavy (non-hydrogen) atoms. The fraction of sp³-hybridized carbons (Fsp3) is 0.182. The van der Waals surface area contributed by atoms with E-state index >= 15 is 0 Å². The summed E-state index contributed by atoms with van der Waals surface area (Å²) in [5.41, 5.74) is 3.36. The highest BCUT2D eigenvalue weighted by Gasteiger charge is 2.30. The average Bonchev–Trinajstić information content (AvgIpc) is 2.67. The smallest absolute Gasteiger partial charge is 0.197 e. The molecule has 0 aliphatic heterocycles. The molecule has 127 valence electrons. The SMILES string of the molecule is [CH2]C1=C(CCc2ccc(OC)cc2)C=C(c2ccccc2)C(F)C1=O. The first-order valence-electron chi connectivity index (χ1n) is 8.23. The number of ketones is 1. The Morgan fingerprint density at radius 2 is 1.72 bits per heavy atom. The molecule has 0 spiro atoms. The molecule has 1 atom stereocenters. The molecule has 0 bridgehead atoms. The largest absolute Gasteiger partial charge is 0.497 e. The molecule has 2 nitrogen and oxygen atoms in total. The summed E-state index contributed by atoms with van der Waals surface area (Å²) in [4.78, 5) is 12.3. The van der Waals surface area contributed by atoms with Crippen molar-refractivity contribution in [2.24, 2.45) is 0 Å². The summed E-state index contributed by atoms with van der Waals surface area (Å²) in [6.07, 6.45) is 1.54. The standard InChI is InChI=1S/C22H20FO2/c1-15-18(11-8-16-9-12-19(25-2)13-10-16)14-20(21(23)22(15)24)17-6-4-3-5-7-17/h3-7,9-10,12-14,21H,1,8,11H2,2H3. The summed E-state index contributed by atoms with van der Waals surface area (Å²) in [6.45, 7) is 3.80. The number of carbonyl (C=O) groups excluding carboxylic acids is 1. The van der Waals surface area contributed by atoms with Crippen LogP contribution in [0.2, 0.25) is 0 Å². The Morgan fingerprint density at radius 1 is 1.04 bits per heavy atom. The number of halogens is 1. The molecule has 2 aromatic carbocycles. The second kappa shape index (κ2) is 7.47. The van der Waals surface area contributed by atoms with Gasteiger partial charge in [0.1, 0.15) is 5.75 Å². The van der Waals surface area contributed by atoms with E-state index in [0.29, 0.717) is 12.0 Å². The lowest BCUT2D eigenvalue weighted by Crippen LogP contribution is -2.23. The van der Waals surface area contributed by atoms with Gasteiger partial charge in [0.05, 0.1) is 7.11 Å². The lowest BCUT2D eigenvalue weighted by Gasteiger charge is -2.21. The van der Waals surface area contributed by atoms with Gasteiger partial charge in [0.15, 0.2) is 12.0 Å². The summed E-state index contributed by atoms with van der Waals surface area (Å²) in [5, 5.41) is 0. The van der Waals surface area contributed by atoms with E-state index in [2.05, 4.69) is 6.92 Å². The highest BCUT2D eigenvalue weighted by molar-refractivity contribution is 6.10. The molecule has 0 saturated heterocycles. The molecule has 1 aliphatic carbocycles. The molecule has 0 aromatic heterocycles. The van der Waals surface area contributed by atoms with E-state index in [4.69, 9.17) is 4.74 Å². The highest BCUT2D eigenvalue weighted by atomic mass is 19.1. The number of methoxy groups -OCH3 is 1. The van der Waals surface area contributed by atoms with Gasteiger partial charge >= 0.3 is 0 Å². The molecule has 0 N–H and O–H groups in total. The third kappa shape index (κ3) is 3.71. The zero-order valence-corrected chi connectivity index (χ0v) is 14.2. The minimum Gasteiger partial charge on any atom is -0.497 e. The second-order valence-corrected chi connectivity index (χ2v) is 6.04. The van der Waals surface area contributed by atoms with Crippen LogP contribution < -0.4 is 4.74 Å². The summed E-state index contributed by atoms with van der Waals surface area (Å²) >= 11 is 0. The summed E-state index contributed by atoms with van der Waals surface area (Å²) in [5.74, 6) is 0.270.